The third-order valence-electron chi connectivity index (χ3n) is 8.11. The summed E-state index contributed by atoms with van der Waals surface area (Å²) in [5.74, 6) is 0. The Hall–Kier alpha value is -5.27. The summed E-state index contributed by atoms with van der Waals surface area (Å²) in [7, 11) is 0. The van der Waals surface area contributed by atoms with Crippen LogP contribution in [0.2, 0.25) is 0 Å². The molecule has 7 aromatic rings. The first-order valence-electron chi connectivity index (χ1n) is 13.7. The van der Waals surface area contributed by atoms with E-state index in [9.17, 15) is 0 Å². The topological polar surface area (TPSA) is 12.9 Å². The number of hydrogen-bond acceptors (Lipinski definition) is 1. The predicted octanol–water partition coefficient (Wildman–Crippen LogP) is 10.6. The summed E-state index contributed by atoms with van der Waals surface area (Å²) in [5.41, 5.74) is 15.1. The largest absolute Gasteiger partial charge is 0.265 e. The Balaban J connectivity index is 1.52. The molecule has 0 bridgehead atoms. The molecule has 1 aliphatic carbocycles. The lowest BCUT2D eigenvalue weighted by Crippen LogP contribution is -1.94. The minimum absolute atomic E-state index is 1.17. The van der Waals surface area contributed by atoms with Gasteiger partial charge in [-0.25, -0.2) is 0 Å². The molecule has 6 aromatic carbocycles. The van der Waals surface area contributed by atoms with Crippen LogP contribution < -0.4 is 0 Å². The van der Waals surface area contributed by atoms with E-state index in [1.54, 1.807) is 0 Å². The zero-order chi connectivity index (χ0) is 26.5. The van der Waals surface area contributed by atoms with Crippen molar-refractivity contribution in [1.82, 2.24) is 4.98 Å². The van der Waals surface area contributed by atoms with Crippen LogP contribution in [0.15, 0.2) is 152 Å². The van der Waals surface area contributed by atoms with E-state index in [2.05, 4.69) is 145 Å². The van der Waals surface area contributed by atoms with E-state index in [1.165, 1.54) is 77.5 Å². The van der Waals surface area contributed by atoms with Gasteiger partial charge in [-0.05, 0) is 102 Å². The monoisotopic (exact) mass is 507 g/mol. The van der Waals surface area contributed by atoms with Gasteiger partial charge in [0.1, 0.15) is 0 Å². The van der Waals surface area contributed by atoms with E-state index in [0.717, 1.165) is 0 Å². The van der Waals surface area contributed by atoms with E-state index >= 15 is 0 Å². The molecule has 0 amide bonds. The predicted molar refractivity (Wildman–Crippen MR) is 168 cm³/mol. The highest BCUT2D eigenvalue weighted by Crippen LogP contribution is 2.57. The molecule has 0 fully saturated rings. The fourth-order valence-electron chi connectivity index (χ4n) is 6.38. The summed E-state index contributed by atoms with van der Waals surface area (Å²) in [5, 5.41) is 2.63. The lowest BCUT2D eigenvalue weighted by molar-refractivity contribution is 1.33. The molecule has 8 rings (SSSR count). The smallest absolute Gasteiger partial charge is 0.0273 e. The second-order valence-electron chi connectivity index (χ2n) is 10.4. The Bertz CT molecular complexity index is 2020. The van der Waals surface area contributed by atoms with Crippen LogP contribution in [0.3, 0.4) is 0 Å². The lowest BCUT2D eigenvalue weighted by atomic mass is 9.82. The summed E-state index contributed by atoms with van der Waals surface area (Å²) in [6.07, 6.45) is 3.72. The second kappa shape index (κ2) is 9.18. The Morgan fingerprint density at radius 3 is 1.62 bits per heavy atom. The molecular weight excluding hydrogens is 482 g/mol. The van der Waals surface area contributed by atoms with Gasteiger partial charge < -0.3 is 0 Å². The van der Waals surface area contributed by atoms with Crippen LogP contribution in [0.4, 0.5) is 0 Å². The van der Waals surface area contributed by atoms with Crippen LogP contribution in [0.1, 0.15) is 0 Å². The number of hydrogen-bond donors (Lipinski definition) is 0. The van der Waals surface area contributed by atoms with Crippen molar-refractivity contribution in [1.29, 1.82) is 0 Å². The molecular formula is C39H25N. The standard InChI is InChI=1S/C39H25N/c1-3-10-27(11-4-1)34-25-35(31-17-7-16-30(24-31)26-20-22-40-23-21-26)37(29-12-5-2-6-13-29)39-33-19-9-15-28-14-8-18-32(36(28)33)38(34)39/h1-25H. The molecule has 1 nitrogen and oxygen atoms in total. The maximum absolute atomic E-state index is 4.23. The van der Waals surface area contributed by atoms with Gasteiger partial charge in [-0.3, -0.25) is 4.98 Å². The number of nitrogens with zero attached hydrogens (tertiary/aromatic N) is 1. The molecule has 0 aliphatic heterocycles. The number of rotatable bonds is 4. The van der Waals surface area contributed by atoms with Crippen molar-refractivity contribution < 1.29 is 0 Å². The fraction of sp³-hybridized carbons (Fsp3) is 0. The number of benzene rings is 6. The first-order valence-corrected chi connectivity index (χ1v) is 13.7. The van der Waals surface area contributed by atoms with E-state index in [1.807, 2.05) is 12.4 Å². The first-order chi connectivity index (χ1) is 19.9. The van der Waals surface area contributed by atoms with Gasteiger partial charge in [0.05, 0.1) is 0 Å². The Morgan fingerprint density at radius 1 is 0.325 bits per heavy atom. The second-order valence-corrected chi connectivity index (χ2v) is 10.4. The highest BCUT2D eigenvalue weighted by atomic mass is 14.6. The van der Waals surface area contributed by atoms with Crippen LogP contribution >= 0.6 is 0 Å². The van der Waals surface area contributed by atoms with Crippen LogP contribution in [0.5, 0.6) is 0 Å². The SMILES string of the molecule is c1ccc(-c2cc(-c3cccc(-c4ccncc4)c3)c(-c3ccccc3)c3c2-c2cccc4cccc-3c24)cc1. The van der Waals surface area contributed by atoms with Gasteiger partial charge in [-0.15, -0.1) is 0 Å². The van der Waals surface area contributed by atoms with Gasteiger partial charge in [-0.1, -0.05) is 115 Å². The van der Waals surface area contributed by atoms with Crippen molar-refractivity contribution in [3.05, 3.63) is 152 Å². The van der Waals surface area contributed by atoms with E-state index in [0.29, 0.717) is 0 Å². The van der Waals surface area contributed by atoms with Crippen molar-refractivity contribution in [2.75, 3.05) is 0 Å². The molecule has 0 spiro atoms. The normalized spacial score (nSPS) is 11.5. The van der Waals surface area contributed by atoms with Gasteiger partial charge >= 0.3 is 0 Å². The molecule has 1 heteroatoms. The molecule has 0 atom stereocenters. The molecule has 1 heterocycles. The molecule has 1 aromatic heterocycles. The maximum Gasteiger partial charge on any atom is 0.0273 e. The summed E-state index contributed by atoms with van der Waals surface area (Å²) in [6, 6.07) is 50.7. The summed E-state index contributed by atoms with van der Waals surface area (Å²) in [4.78, 5) is 4.23. The number of aromatic nitrogens is 1. The first kappa shape index (κ1) is 22.7. The van der Waals surface area contributed by atoms with Crippen LogP contribution in [0.25, 0.3) is 77.5 Å². The highest BCUT2D eigenvalue weighted by Gasteiger charge is 2.30. The molecule has 0 saturated carbocycles. The van der Waals surface area contributed by atoms with Crippen LogP contribution in [-0.2, 0) is 0 Å². The Morgan fingerprint density at radius 2 is 0.900 bits per heavy atom. The fourth-order valence-corrected chi connectivity index (χ4v) is 6.38. The number of pyridine rings is 1. The molecule has 1 aliphatic rings. The van der Waals surface area contributed by atoms with Crippen molar-refractivity contribution in [2.24, 2.45) is 0 Å². The van der Waals surface area contributed by atoms with E-state index < -0.39 is 0 Å². The quantitative estimate of drug-likeness (QED) is 0.231. The Labute approximate surface area is 234 Å². The summed E-state index contributed by atoms with van der Waals surface area (Å²) < 4.78 is 0. The molecule has 0 saturated heterocycles. The van der Waals surface area contributed by atoms with Gasteiger partial charge in [0.2, 0.25) is 0 Å². The van der Waals surface area contributed by atoms with Gasteiger partial charge in [-0.2, -0.15) is 0 Å². The van der Waals surface area contributed by atoms with E-state index in [4.69, 9.17) is 0 Å². The molecule has 0 N–H and O–H groups in total. The number of fused-ring (bicyclic) bond motifs is 3. The van der Waals surface area contributed by atoms with Crippen molar-refractivity contribution in [3.8, 4) is 66.8 Å². The minimum Gasteiger partial charge on any atom is -0.265 e. The average Bonchev–Trinajstić information content (AvgIpc) is 3.38. The zero-order valence-electron chi connectivity index (χ0n) is 21.9. The third-order valence-corrected chi connectivity index (χ3v) is 8.11. The highest BCUT2D eigenvalue weighted by molar-refractivity contribution is 6.22. The molecule has 186 valence electrons. The van der Waals surface area contributed by atoms with Crippen molar-refractivity contribution in [2.45, 2.75) is 0 Å². The van der Waals surface area contributed by atoms with Crippen molar-refractivity contribution in [3.63, 3.8) is 0 Å². The molecule has 0 unspecified atom stereocenters. The summed E-state index contributed by atoms with van der Waals surface area (Å²) >= 11 is 0. The van der Waals surface area contributed by atoms with Gasteiger partial charge in [0, 0.05) is 12.4 Å². The third kappa shape index (κ3) is 3.52. The Kier molecular flexibility index (Phi) is 5.21. The zero-order valence-corrected chi connectivity index (χ0v) is 21.9. The van der Waals surface area contributed by atoms with Crippen molar-refractivity contribution >= 4 is 10.8 Å². The van der Waals surface area contributed by atoms with Gasteiger partial charge in [0.15, 0.2) is 0 Å². The summed E-state index contributed by atoms with van der Waals surface area (Å²) in [6.45, 7) is 0. The molecule has 0 radical (unpaired) electrons. The average molecular weight is 508 g/mol. The van der Waals surface area contributed by atoms with E-state index in [-0.39, 0.29) is 0 Å². The molecule has 40 heavy (non-hydrogen) atoms. The van der Waals surface area contributed by atoms with Crippen LogP contribution in [0, 0.1) is 0 Å². The maximum atomic E-state index is 4.23. The minimum atomic E-state index is 1.17. The van der Waals surface area contributed by atoms with Gasteiger partial charge in [0.25, 0.3) is 0 Å². The lowest BCUT2D eigenvalue weighted by Gasteiger charge is -2.21. The van der Waals surface area contributed by atoms with Crippen LogP contribution in [-0.4, -0.2) is 4.98 Å².